The van der Waals surface area contributed by atoms with Crippen LogP contribution in [0.15, 0.2) is 33.6 Å². The Morgan fingerprint density at radius 1 is 1.22 bits per heavy atom. The number of hydrogen-bond donors (Lipinski definition) is 2. The molecule has 8 heteroatoms. The van der Waals surface area contributed by atoms with E-state index in [4.69, 9.17) is 4.74 Å². The highest BCUT2D eigenvalue weighted by molar-refractivity contribution is 9.10. The Morgan fingerprint density at radius 2 is 1.87 bits per heavy atom. The second kappa shape index (κ2) is 10.0. The molecule has 2 N–H and O–H groups in total. The van der Waals surface area contributed by atoms with Crippen molar-refractivity contribution < 1.29 is 17.9 Å². The molecule has 0 spiro atoms. The van der Waals surface area contributed by atoms with E-state index in [0.717, 1.165) is 10.9 Å². The molecule has 0 saturated heterocycles. The van der Waals surface area contributed by atoms with Crippen molar-refractivity contribution in [3.63, 3.8) is 0 Å². The molecule has 0 saturated carbocycles. The number of hydrogen-bond acceptors (Lipinski definition) is 4. The minimum Gasteiger partial charge on any atom is -0.379 e. The summed E-state index contributed by atoms with van der Waals surface area (Å²) in [6, 6.07) is 6.31. The van der Waals surface area contributed by atoms with Crippen LogP contribution < -0.4 is 10.0 Å². The van der Waals surface area contributed by atoms with Gasteiger partial charge in [0.05, 0.1) is 11.0 Å². The lowest BCUT2D eigenvalue weighted by atomic mass is 10.3. The summed E-state index contributed by atoms with van der Waals surface area (Å²) >= 11 is 3.25. The predicted octanol–water partition coefficient (Wildman–Crippen LogP) is 2.05. The summed E-state index contributed by atoms with van der Waals surface area (Å²) in [5, 5.41) is 2.73. The molecule has 1 rings (SSSR count). The maximum Gasteiger partial charge on any atom is 0.240 e. The third-order valence-electron chi connectivity index (χ3n) is 2.86. The van der Waals surface area contributed by atoms with Crippen molar-refractivity contribution in [3.8, 4) is 0 Å². The molecule has 0 radical (unpaired) electrons. The molecule has 1 amide bonds. The molecule has 0 aliphatic heterocycles. The topological polar surface area (TPSA) is 84.5 Å². The van der Waals surface area contributed by atoms with E-state index < -0.39 is 10.0 Å². The second-order valence-corrected chi connectivity index (χ2v) is 7.91. The lowest BCUT2D eigenvalue weighted by molar-refractivity contribution is -0.120. The van der Waals surface area contributed by atoms with Gasteiger partial charge in [0.1, 0.15) is 0 Å². The number of carbonyl (C=O) groups excluding carboxylic acids is 1. The van der Waals surface area contributed by atoms with E-state index in [1.54, 1.807) is 12.1 Å². The van der Waals surface area contributed by atoms with Crippen LogP contribution in [0.5, 0.6) is 0 Å². The zero-order chi connectivity index (χ0) is 17.3. The number of halogens is 1. The minimum absolute atomic E-state index is 0.0622. The van der Waals surface area contributed by atoms with Gasteiger partial charge in [0.15, 0.2) is 0 Å². The molecule has 130 valence electrons. The quantitative estimate of drug-likeness (QED) is 0.582. The molecule has 23 heavy (non-hydrogen) atoms. The van der Waals surface area contributed by atoms with Crippen LogP contribution in [0.1, 0.15) is 26.7 Å². The van der Waals surface area contributed by atoms with Crippen LogP contribution in [0.4, 0.5) is 0 Å². The molecule has 0 aromatic heterocycles. The maximum atomic E-state index is 12.0. The number of sulfonamides is 1. The van der Waals surface area contributed by atoms with Crippen LogP contribution in [0.2, 0.25) is 0 Å². The van der Waals surface area contributed by atoms with Gasteiger partial charge in [0.2, 0.25) is 15.9 Å². The van der Waals surface area contributed by atoms with Gasteiger partial charge in [-0.1, -0.05) is 15.9 Å². The fourth-order valence-corrected chi connectivity index (χ4v) is 3.00. The Kier molecular flexibility index (Phi) is 8.75. The molecule has 0 fully saturated rings. The molecule has 0 bridgehead atoms. The zero-order valence-electron chi connectivity index (χ0n) is 13.3. The number of carbonyl (C=O) groups is 1. The predicted molar refractivity (Wildman–Crippen MR) is 92.7 cm³/mol. The first kappa shape index (κ1) is 20.1. The first-order valence-electron chi connectivity index (χ1n) is 7.45. The molecular formula is C15H23BrN2O4S. The van der Waals surface area contributed by atoms with Crippen LogP contribution in [0.25, 0.3) is 0 Å². The highest BCUT2D eigenvalue weighted by Crippen LogP contribution is 2.14. The number of amides is 1. The van der Waals surface area contributed by atoms with Crippen molar-refractivity contribution in [3.05, 3.63) is 28.7 Å². The minimum atomic E-state index is -3.58. The lowest BCUT2D eigenvalue weighted by Gasteiger charge is -2.09. The van der Waals surface area contributed by atoms with Crippen LogP contribution in [0.3, 0.4) is 0 Å². The average molecular weight is 407 g/mol. The second-order valence-electron chi connectivity index (χ2n) is 5.22. The Labute approximate surface area is 146 Å². The van der Waals surface area contributed by atoms with Crippen LogP contribution >= 0.6 is 15.9 Å². The van der Waals surface area contributed by atoms with Crippen molar-refractivity contribution in [1.82, 2.24) is 10.0 Å². The van der Waals surface area contributed by atoms with Crippen LogP contribution in [-0.4, -0.2) is 40.1 Å². The fourth-order valence-electron chi connectivity index (χ4n) is 1.70. The SMILES string of the molecule is CC(C)OCCCNC(=O)CCNS(=O)(=O)c1ccc(Br)cc1. The summed E-state index contributed by atoms with van der Waals surface area (Å²) in [6.45, 7) is 5.08. The Morgan fingerprint density at radius 3 is 2.48 bits per heavy atom. The summed E-state index contributed by atoms with van der Waals surface area (Å²) in [5.41, 5.74) is 0. The van der Waals surface area contributed by atoms with Gasteiger partial charge in [-0.05, 0) is 44.5 Å². The zero-order valence-corrected chi connectivity index (χ0v) is 15.7. The highest BCUT2D eigenvalue weighted by atomic mass is 79.9. The number of rotatable bonds is 10. The van der Waals surface area contributed by atoms with E-state index in [0.29, 0.717) is 13.2 Å². The van der Waals surface area contributed by atoms with Crippen LogP contribution in [0, 0.1) is 0 Å². The van der Waals surface area contributed by atoms with E-state index in [1.165, 1.54) is 12.1 Å². The summed E-state index contributed by atoms with van der Waals surface area (Å²) < 4.78 is 32.6. The molecular weight excluding hydrogens is 384 g/mol. The standard InChI is InChI=1S/C15H23BrN2O4S/c1-12(2)22-11-3-9-17-15(19)8-10-18-23(20,21)14-6-4-13(16)5-7-14/h4-7,12,18H,3,8-11H2,1-2H3,(H,17,19). The van der Waals surface area contributed by atoms with E-state index >= 15 is 0 Å². The van der Waals surface area contributed by atoms with Gasteiger partial charge in [0, 0.05) is 30.6 Å². The van der Waals surface area contributed by atoms with Gasteiger partial charge in [0.25, 0.3) is 0 Å². The number of benzene rings is 1. The van der Waals surface area contributed by atoms with Crippen molar-refractivity contribution in [1.29, 1.82) is 0 Å². The van der Waals surface area contributed by atoms with Gasteiger partial charge in [-0.25, -0.2) is 13.1 Å². The van der Waals surface area contributed by atoms with Gasteiger partial charge >= 0.3 is 0 Å². The monoisotopic (exact) mass is 406 g/mol. The van der Waals surface area contributed by atoms with Crippen molar-refractivity contribution >= 4 is 31.9 Å². The van der Waals surface area contributed by atoms with E-state index in [-0.39, 0.29) is 29.9 Å². The normalized spacial score (nSPS) is 11.7. The third-order valence-corrected chi connectivity index (χ3v) is 4.87. The molecule has 0 atom stereocenters. The Bertz CT molecular complexity index is 588. The van der Waals surface area contributed by atoms with E-state index in [9.17, 15) is 13.2 Å². The molecule has 0 heterocycles. The highest BCUT2D eigenvalue weighted by Gasteiger charge is 2.13. The summed E-state index contributed by atoms with van der Waals surface area (Å²) in [5.74, 6) is -0.187. The summed E-state index contributed by atoms with van der Waals surface area (Å²) in [7, 11) is -3.58. The van der Waals surface area contributed by atoms with E-state index in [1.807, 2.05) is 13.8 Å². The summed E-state index contributed by atoms with van der Waals surface area (Å²) in [6.07, 6.45) is 1.01. The van der Waals surface area contributed by atoms with Gasteiger partial charge in [-0.2, -0.15) is 0 Å². The first-order chi connectivity index (χ1) is 10.8. The number of nitrogens with one attached hydrogen (secondary N) is 2. The molecule has 0 unspecified atom stereocenters. The Balaban J connectivity index is 2.25. The Hall–Kier alpha value is -0.960. The molecule has 1 aromatic carbocycles. The van der Waals surface area contributed by atoms with Crippen LogP contribution in [-0.2, 0) is 19.6 Å². The first-order valence-corrected chi connectivity index (χ1v) is 9.72. The van der Waals surface area contributed by atoms with E-state index in [2.05, 4.69) is 26.0 Å². The molecule has 6 nitrogen and oxygen atoms in total. The lowest BCUT2D eigenvalue weighted by Crippen LogP contribution is -2.31. The largest absolute Gasteiger partial charge is 0.379 e. The molecule has 0 aliphatic rings. The van der Waals surface area contributed by atoms with Crippen molar-refractivity contribution in [2.75, 3.05) is 19.7 Å². The van der Waals surface area contributed by atoms with Gasteiger partial charge in [-0.15, -0.1) is 0 Å². The van der Waals surface area contributed by atoms with Crippen molar-refractivity contribution in [2.24, 2.45) is 0 Å². The smallest absolute Gasteiger partial charge is 0.240 e. The molecule has 0 aliphatic carbocycles. The molecule has 1 aromatic rings. The average Bonchev–Trinajstić information content (AvgIpc) is 2.46. The fraction of sp³-hybridized carbons (Fsp3) is 0.533. The number of ether oxygens (including phenoxy) is 1. The van der Waals surface area contributed by atoms with Crippen molar-refractivity contribution in [2.45, 2.75) is 37.7 Å². The summed E-state index contributed by atoms with van der Waals surface area (Å²) in [4.78, 5) is 11.8. The van der Waals surface area contributed by atoms with Gasteiger partial charge < -0.3 is 10.1 Å². The third kappa shape index (κ3) is 8.45. The maximum absolute atomic E-state index is 12.0. The van der Waals surface area contributed by atoms with Gasteiger partial charge in [-0.3, -0.25) is 4.79 Å².